The highest BCUT2D eigenvalue weighted by Gasteiger charge is 2.30. The number of aromatic amines is 1. The number of nitrogens with zero attached hydrogens (tertiary/aromatic N) is 1. The average molecular weight is 363 g/mol. The lowest BCUT2D eigenvalue weighted by Gasteiger charge is -2.09. The van der Waals surface area contributed by atoms with Gasteiger partial charge in [0.2, 0.25) is 5.95 Å². The van der Waals surface area contributed by atoms with E-state index < -0.39 is 12.3 Å². The fourth-order valence-electron chi connectivity index (χ4n) is 2.23. The molecular weight excluding hydrogens is 351 g/mol. The number of alkyl halides is 3. The summed E-state index contributed by atoms with van der Waals surface area (Å²) in [6, 6.07) is 10.4. The van der Waals surface area contributed by atoms with Gasteiger partial charge in [0.15, 0.2) is 0 Å². The molecule has 0 amide bonds. The number of benzene rings is 2. The number of hydrogen-bond acceptors (Lipinski definition) is 4. The lowest BCUT2D eigenvalue weighted by molar-refractivity contribution is -0.274. The summed E-state index contributed by atoms with van der Waals surface area (Å²) in [4.78, 5) is 17.9. The molecular formula is C17H12F3N3O3. The van der Waals surface area contributed by atoms with Gasteiger partial charge >= 0.3 is 12.3 Å². The van der Waals surface area contributed by atoms with E-state index in [-0.39, 0.29) is 5.75 Å². The number of H-pyrrole nitrogens is 1. The normalized spacial score (nSPS) is 11.8. The molecule has 0 aliphatic carbocycles. The number of carbonyl (C=O) groups is 1. The van der Waals surface area contributed by atoms with E-state index >= 15 is 0 Å². The van der Waals surface area contributed by atoms with Crippen LogP contribution in [-0.2, 0) is 4.79 Å². The standard InChI is InChI=1S/C17H12F3N3O3/c18-17(19,20)26-12-5-3-11(4-6-12)21-16-22-13-7-1-10(2-8-15(24)25)9-14(13)23-16/h1-9H,(H,24,25)(H2,21,22,23)/b8-2+. The van der Waals surface area contributed by atoms with Gasteiger partial charge in [-0.15, -0.1) is 13.2 Å². The molecule has 1 aromatic heterocycles. The second-order valence-corrected chi connectivity index (χ2v) is 5.23. The van der Waals surface area contributed by atoms with Crippen molar-refractivity contribution >= 4 is 34.7 Å². The smallest absolute Gasteiger partial charge is 0.478 e. The number of halogens is 3. The Labute approximate surface area is 144 Å². The Bertz CT molecular complexity index is 963. The zero-order chi connectivity index (χ0) is 18.7. The first-order valence-corrected chi connectivity index (χ1v) is 7.32. The molecule has 3 rings (SSSR count). The Hall–Kier alpha value is -3.49. The molecule has 0 spiro atoms. The highest BCUT2D eigenvalue weighted by molar-refractivity contribution is 5.87. The van der Waals surface area contributed by atoms with E-state index in [9.17, 15) is 18.0 Å². The first-order chi connectivity index (χ1) is 12.3. The molecule has 2 aromatic carbocycles. The molecule has 9 heteroatoms. The molecule has 0 bridgehead atoms. The Morgan fingerprint density at radius 1 is 1.19 bits per heavy atom. The van der Waals surface area contributed by atoms with Crippen LogP contribution in [0.1, 0.15) is 5.56 Å². The summed E-state index contributed by atoms with van der Waals surface area (Å²) >= 11 is 0. The van der Waals surface area contributed by atoms with Gasteiger partial charge < -0.3 is 20.1 Å². The lowest BCUT2D eigenvalue weighted by Crippen LogP contribution is -2.16. The molecule has 0 aliphatic heterocycles. The third-order valence-corrected chi connectivity index (χ3v) is 3.27. The Kier molecular flexibility index (Phi) is 4.53. The SMILES string of the molecule is O=C(O)/C=C/c1ccc2nc(Nc3ccc(OC(F)(F)F)cc3)[nH]c2c1. The molecule has 0 aliphatic rings. The topological polar surface area (TPSA) is 87.2 Å². The number of aromatic nitrogens is 2. The van der Waals surface area contributed by atoms with E-state index in [2.05, 4.69) is 20.0 Å². The number of aliphatic carboxylic acids is 1. The third kappa shape index (κ3) is 4.53. The van der Waals surface area contributed by atoms with Crippen LogP contribution in [0.4, 0.5) is 24.8 Å². The van der Waals surface area contributed by atoms with Gasteiger partial charge in [0, 0.05) is 11.8 Å². The molecule has 0 radical (unpaired) electrons. The van der Waals surface area contributed by atoms with E-state index in [1.807, 2.05) is 0 Å². The molecule has 3 aromatic rings. The molecule has 0 saturated heterocycles. The molecule has 26 heavy (non-hydrogen) atoms. The van der Waals surface area contributed by atoms with Crippen LogP contribution < -0.4 is 10.1 Å². The van der Waals surface area contributed by atoms with Crippen LogP contribution in [0.2, 0.25) is 0 Å². The van der Waals surface area contributed by atoms with Gasteiger partial charge in [0.05, 0.1) is 11.0 Å². The lowest BCUT2D eigenvalue weighted by atomic mass is 10.2. The maximum absolute atomic E-state index is 12.1. The summed E-state index contributed by atoms with van der Waals surface area (Å²) in [5.74, 6) is -0.971. The van der Waals surface area contributed by atoms with Gasteiger partial charge in [-0.25, -0.2) is 9.78 Å². The maximum Gasteiger partial charge on any atom is 0.573 e. The predicted molar refractivity (Wildman–Crippen MR) is 89.2 cm³/mol. The van der Waals surface area contributed by atoms with Crippen LogP contribution in [-0.4, -0.2) is 27.4 Å². The van der Waals surface area contributed by atoms with E-state index in [1.54, 1.807) is 18.2 Å². The second-order valence-electron chi connectivity index (χ2n) is 5.23. The van der Waals surface area contributed by atoms with Gasteiger partial charge in [-0.3, -0.25) is 0 Å². The van der Waals surface area contributed by atoms with Gasteiger partial charge in [0.1, 0.15) is 5.75 Å². The maximum atomic E-state index is 12.1. The fourth-order valence-corrected chi connectivity index (χ4v) is 2.23. The number of hydrogen-bond donors (Lipinski definition) is 3. The summed E-state index contributed by atoms with van der Waals surface area (Å²) in [6.45, 7) is 0. The number of fused-ring (bicyclic) bond motifs is 1. The second kappa shape index (κ2) is 6.79. The van der Waals surface area contributed by atoms with Crippen molar-refractivity contribution in [3.8, 4) is 5.75 Å². The number of rotatable bonds is 5. The summed E-state index contributed by atoms with van der Waals surface area (Å²) in [6.07, 6.45) is -2.25. The zero-order valence-electron chi connectivity index (χ0n) is 13.0. The van der Waals surface area contributed by atoms with E-state index in [0.717, 1.165) is 6.08 Å². The van der Waals surface area contributed by atoms with Crippen LogP contribution in [0, 0.1) is 0 Å². The minimum atomic E-state index is -4.74. The van der Waals surface area contributed by atoms with Crippen molar-refractivity contribution in [3.63, 3.8) is 0 Å². The Morgan fingerprint density at radius 3 is 2.58 bits per heavy atom. The summed E-state index contributed by atoms with van der Waals surface area (Å²) in [7, 11) is 0. The van der Waals surface area contributed by atoms with Gasteiger partial charge in [-0.05, 0) is 48.0 Å². The van der Waals surface area contributed by atoms with Crippen LogP contribution in [0.5, 0.6) is 5.75 Å². The van der Waals surface area contributed by atoms with Crippen molar-refractivity contribution in [2.75, 3.05) is 5.32 Å². The van der Waals surface area contributed by atoms with Crippen molar-refractivity contribution in [1.29, 1.82) is 0 Å². The average Bonchev–Trinajstić information content (AvgIpc) is 2.95. The molecule has 0 unspecified atom stereocenters. The van der Waals surface area contributed by atoms with E-state index in [1.165, 1.54) is 30.3 Å². The number of carboxylic acids is 1. The summed E-state index contributed by atoms with van der Waals surface area (Å²) in [5.41, 5.74) is 2.53. The van der Waals surface area contributed by atoms with Crippen LogP contribution in [0.3, 0.4) is 0 Å². The van der Waals surface area contributed by atoms with Crippen LogP contribution in [0.25, 0.3) is 17.1 Å². The van der Waals surface area contributed by atoms with E-state index in [4.69, 9.17) is 5.11 Å². The molecule has 6 nitrogen and oxygen atoms in total. The fraction of sp³-hybridized carbons (Fsp3) is 0.0588. The van der Waals surface area contributed by atoms with Crippen LogP contribution in [0.15, 0.2) is 48.5 Å². The van der Waals surface area contributed by atoms with Crippen LogP contribution >= 0.6 is 0 Å². The van der Waals surface area contributed by atoms with Crippen molar-refractivity contribution in [1.82, 2.24) is 9.97 Å². The quantitative estimate of drug-likeness (QED) is 0.588. The first kappa shape index (κ1) is 17.3. The molecule has 134 valence electrons. The van der Waals surface area contributed by atoms with Crippen molar-refractivity contribution in [2.24, 2.45) is 0 Å². The number of nitrogens with one attached hydrogen (secondary N) is 2. The number of anilines is 2. The van der Waals surface area contributed by atoms with Gasteiger partial charge in [0.25, 0.3) is 0 Å². The first-order valence-electron chi connectivity index (χ1n) is 7.32. The monoisotopic (exact) mass is 363 g/mol. The van der Waals surface area contributed by atoms with E-state index in [0.29, 0.717) is 28.2 Å². The largest absolute Gasteiger partial charge is 0.573 e. The summed E-state index contributed by atoms with van der Waals surface area (Å²) < 4.78 is 40.3. The third-order valence-electron chi connectivity index (χ3n) is 3.27. The highest BCUT2D eigenvalue weighted by atomic mass is 19.4. The van der Waals surface area contributed by atoms with Gasteiger partial charge in [-0.2, -0.15) is 0 Å². The van der Waals surface area contributed by atoms with Crippen molar-refractivity contribution < 1.29 is 27.8 Å². The Balaban J connectivity index is 1.75. The van der Waals surface area contributed by atoms with Crippen molar-refractivity contribution in [2.45, 2.75) is 6.36 Å². The number of imidazole rings is 1. The van der Waals surface area contributed by atoms with Crippen molar-refractivity contribution in [3.05, 3.63) is 54.1 Å². The molecule has 0 atom stereocenters. The van der Waals surface area contributed by atoms with Gasteiger partial charge in [-0.1, -0.05) is 6.07 Å². The summed E-state index contributed by atoms with van der Waals surface area (Å²) in [5, 5.41) is 11.6. The molecule has 1 heterocycles. The molecule has 3 N–H and O–H groups in total. The minimum absolute atomic E-state index is 0.317. The molecule has 0 saturated carbocycles. The molecule has 0 fully saturated rings. The highest BCUT2D eigenvalue weighted by Crippen LogP contribution is 2.25. The minimum Gasteiger partial charge on any atom is -0.478 e. The Morgan fingerprint density at radius 2 is 1.92 bits per heavy atom. The zero-order valence-corrected chi connectivity index (χ0v) is 13.0. The number of ether oxygens (including phenoxy) is 1. The predicted octanol–water partition coefficient (Wildman–Crippen LogP) is 4.30. The number of carboxylic acid groups (broad SMARTS) is 1.